The third-order valence-electron chi connectivity index (χ3n) is 2.54. The fourth-order valence-corrected chi connectivity index (χ4v) is 1.51. The topological polar surface area (TPSA) is 75.6 Å². The Bertz CT molecular complexity index is 544. The van der Waals surface area contributed by atoms with Gasteiger partial charge in [-0.1, -0.05) is 0 Å². The number of alkyl halides is 5. The lowest BCUT2D eigenvalue weighted by atomic mass is 10.1. The molecule has 0 saturated heterocycles. The highest BCUT2D eigenvalue weighted by atomic mass is 19.4. The molecule has 0 aliphatic rings. The monoisotopic (exact) mass is 341 g/mol. The van der Waals surface area contributed by atoms with Crippen LogP contribution in [0.5, 0.6) is 5.75 Å². The van der Waals surface area contributed by atoms with Crippen LogP contribution in [0.3, 0.4) is 0 Å². The molecule has 128 valence electrons. The van der Waals surface area contributed by atoms with E-state index < -0.39 is 43.5 Å². The summed E-state index contributed by atoms with van der Waals surface area (Å²) in [6.45, 7) is -1.51. The number of halogens is 5. The summed E-state index contributed by atoms with van der Waals surface area (Å²) in [5.74, 6) is -2.72. The summed E-state index contributed by atoms with van der Waals surface area (Å²) >= 11 is 0. The first-order chi connectivity index (χ1) is 10.6. The van der Waals surface area contributed by atoms with Crippen molar-refractivity contribution >= 4 is 11.9 Å². The van der Waals surface area contributed by atoms with E-state index >= 15 is 0 Å². The van der Waals surface area contributed by atoms with Gasteiger partial charge in [0.05, 0.1) is 0 Å². The molecule has 1 unspecified atom stereocenters. The SMILES string of the molecule is O=C(NC(CC(F)F)C(=O)O)c1ccc(OCC(F)(F)F)cc1. The number of carboxylic acids is 1. The molecule has 0 aliphatic heterocycles. The standard InChI is InChI=1S/C13H12F5NO4/c14-10(15)5-9(12(21)22)19-11(20)7-1-3-8(4-2-7)23-6-13(16,17)18/h1-4,9-10H,5-6H2,(H,19,20)(H,21,22). The molecule has 0 aliphatic carbocycles. The molecule has 0 bridgehead atoms. The van der Waals surface area contributed by atoms with Gasteiger partial charge in [-0.25, -0.2) is 13.6 Å². The molecule has 1 aromatic carbocycles. The van der Waals surface area contributed by atoms with Gasteiger partial charge in [-0.3, -0.25) is 4.79 Å². The van der Waals surface area contributed by atoms with E-state index in [0.717, 1.165) is 24.3 Å². The molecule has 1 atom stereocenters. The first-order valence-corrected chi connectivity index (χ1v) is 6.20. The number of carboxylic acid groups (broad SMARTS) is 1. The van der Waals surface area contributed by atoms with Gasteiger partial charge in [-0.15, -0.1) is 0 Å². The third kappa shape index (κ3) is 6.94. The van der Waals surface area contributed by atoms with Crippen LogP contribution < -0.4 is 10.1 Å². The van der Waals surface area contributed by atoms with Crippen LogP contribution >= 0.6 is 0 Å². The molecular weight excluding hydrogens is 329 g/mol. The Morgan fingerprint density at radius 2 is 1.74 bits per heavy atom. The zero-order chi connectivity index (χ0) is 17.6. The zero-order valence-corrected chi connectivity index (χ0v) is 11.4. The molecule has 1 aromatic rings. The van der Waals surface area contributed by atoms with Gasteiger partial charge in [0.15, 0.2) is 6.61 Å². The molecule has 1 rings (SSSR count). The van der Waals surface area contributed by atoms with Crippen LogP contribution in [0.15, 0.2) is 24.3 Å². The van der Waals surface area contributed by atoms with E-state index in [-0.39, 0.29) is 11.3 Å². The van der Waals surface area contributed by atoms with Crippen molar-refractivity contribution in [3.05, 3.63) is 29.8 Å². The van der Waals surface area contributed by atoms with Gasteiger partial charge in [-0.2, -0.15) is 13.2 Å². The van der Waals surface area contributed by atoms with Crippen molar-refractivity contribution in [2.75, 3.05) is 6.61 Å². The summed E-state index contributed by atoms with van der Waals surface area (Å²) in [5, 5.41) is 10.6. The smallest absolute Gasteiger partial charge is 0.422 e. The molecule has 23 heavy (non-hydrogen) atoms. The van der Waals surface area contributed by atoms with E-state index in [0.29, 0.717) is 0 Å². The number of ether oxygens (including phenoxy) is 1. The van der Waals surface area contributed by atoms with Gasteiger partial charge < -0.3 is 15.2 Å². The molecule has 0 radical (unpaired) electrons. The average Bonchev–Trinajstić information content (AvgIpc) is 2.43. The van der Waals surface area contributed by atoms with Crippen LogP contribution in [0, 0.1) is 0 Å². The van der Waals surface area contributed by atoms with Crippen molar-refractivity contribution in [1.29, 1.82) is 0 Å². The number of hydrogen-bond donors (Lipinski definition) is 2. The van der Waals surface area contributed by atoms with Gasteiger partial charge >= 0.3 is 12.1 Å². The summed E-state index contributed by atoms with van der Waals surface area (Å²) in [6.07, 6.45) is -8.50. The summed E-state index contributed by atoms with van der Waals surface area (Å²) < 4.78 is 64.7. The molecular formula is C13H12F5NO4. The van der Waals surface area contributed by atoms with Crippen LogP contribution in [0.2, 0.25) is 0 Å². The van der Waals surface area contributed by atoms with E-state index in [1.54, 1.807) is 0 Å². The van der Waals surface area contributed by atoms with Crippen LogP contribution in [0.25, 0.3) is 0 Å². The first kappa shape index (κ1) is 18.7. The Labute approximate surface area is 127 Å². The molecule has 0 heterocycles. The van der Waals surface area contributed by atoms with Gasteiger partial charge in [0.25, 0.3) is 5.91 Å². The minimum absolute atomic E-state index is 0.107. The fraction of sp³-hybridized carbons (Fsp3) is 0.385. The second-order valence-electron chi connectivity index (χ2n) is 4.42. The second kappa shape index (κ2) is 7.75. The van der Waals surface area contributed by atoms with Gasteiger partial charge in [-0.05, 0) is 24.3 Å². The van der Waals surface area contributed by atoms with Crippen LogP contribution in [-0.4, -0.2) is 42.2 Å². The number of carbonyl (C=O) groups is 2. The largest absolute Gasteiger partial charge is 0.484 e. The number of rotatable bonds is 7. The lowest BCUT2D eigenvalue weighted by Crippen LogP contribution is -2.42. The maximum absolute atomic E-state index is 12.2. The highest BCUT2D eigenvalue weighted by Gasteiger charge is 2.28. The predicted molar refractivity (Wildman–Crippen MR) is 67.5 cm³/mol. The molecule has 0 aromatic heterocycles. The van der Waals surface area contributed by atoms with Crippen LogP contribution in [-0.2, 0) is 4.79 Å². The number of amides is 1. The number of hydrogen-bond acceptors (Lipinski definition) is 3. The summed E-state index contributed by atoms with van der Waals surface area (Å²) in [4.78, 5) is 22.5. The molecule has 10 heteroatoms. The van der Waals surface area contributed by atoms with Crippen molar-refractivity contribution in [1.82, 2.24) is 5.32 Å². The quantitative estimate of drug-likeness (QED) is 0.747. The van der Waals surface area contributed by atoms with E-state index in [1.165, 1.54) is 0 Å². The molecule has 0 saturated carbocycles. The molecule has 2 N–H and O–H groups in total. The predicted octanol–water partition coefficient (Wildman–Crippen LogP) is 2.47. The highest BCUT2D eigenvalue weighted by Crippen LogP contribution is 2.19. The summed E-state index contributed by atoms with van der Waals surface area (Å²) in [7, 11) is 0. The summed E-state index contributed by atoms with van der Waals surface area (Å²) in [6, 6.07) is 2.54. The van der Waals surface area contributed by atoms with Crippen LogP contribution in [0.1, 0.15) is 16.8 Å². The Morgan fingerprint density at radius 1 is 1.17 bits per heavy atom. The van der Waals surface area contributed by atoms with Gasteiger partial charge in [0, 0.05) is 12.0 Å². The second-order valence-corrected chi connectivity index (χ2v) is 4.42. The van der Waals surface area contributed by atoms with E-state index in [4.69, 9.17) is 5.11 Å². The van der Waals surface area contributed by atoms with Gasteiger partial charge in [0.1, 0.15) is 11.8 Å². The molecule has 1 amide bonds. The Balaban J connectivity index is 2.67. The van der Waals surface area contributed by atoms with Crippen molar-refractivity contribution in [3.63, 3.8) is 0 Å². The first-order valence-electron chi connectivity index (χ1n) is 6.20. The maximum atomic E-state index is 12.2. The Hall–Kier alpha value is -2.39. The lowest BCUT2D eigenvalue weighted by molar-refractivity contribution is -0.153. The van der Waals surface area contributed by atoms with Crippen molar-refractivity contribution in [2.45, 2.75) is 25.1 Å². The Kier molecular flexibility index (Phi) is 6.28. The number of benzene rings is 1. The van der Waals surface area contributed by atoms with Crippen molar-refractivity contribution < 1.29 is 41.4 Å². The average molecular weight is 341 g/mol. The van der Waals surface area contributed by atoms with E-state index in [9.17, 15) is 31.5 Å². The maximum Gasteiger partial charge on any atom is 0.422 e. The molecule has 0 fully saturated rings. The van der Waals surface area contributed by atoms with E-state index in [1.807, 2.05) is 5.32 Å². The van der Waals surface area contributed by atoms with E-state index in [2.05, 4.69) is 4.74 Å². The molecule has 5 nitrogen and oxygen atoms in total. The number of nitrogens with one attached hydrogen (secondary N) is 1. The van der Waals surface area contributed by atoms with Gasteiger partial charge in [0.2, 0.25) is 6.43 Å². The third-order valence-corrected chi connectivity index (χ3v) is 2.54. The minimum Gasteiger partial charge on any atom is -0.484 e. The zero-order valence-electron chi connectivity index (χ0n) is 11.4. The highest BCUT2D eigenvalue weighted by molar-refractivity contribution is 5.96. The number of carbonyl (C=O) groups excluding carboxylic acids is 1. The van der Waals surface area contributed by atoms with Crippen molar-refractivity contribution in [2.24, 2.45) is 0 Å². The number of aliphatic carboxylic acids is 1. The fourth-order valence-electron chi connectivity index (χ4n) is 1.51. The van der Waals surface area contributed by atoms with Crippen LogP contribution in [0.4, 0.5) is 22.0 Å². The Morgan fingerprint density at radius 3 is 2.17 bits per heavy atom. The lowest BCUT2D eigenvalue weighted by Gasteiger charge is -2.14. The normalized spacial score (nSPS) is 12.8. The molecule has 0 spiro atoms. The summed E-state index contributed by atoms with van der Waals surface area (Å²) in [5.41, 5.74) is -0.107. The minimum atomic E-state index is -4.51. The van der Waals surface area contributed by atoms with Crippen molar-refractivity contribution in [3.8, 4) is 5.75 Å².